The molecule has 0 aliphatic rings. The number of rotatable bonds is 6. The van der Waals surface area contributed by atoms with Crippen LogP contribution in [-0.4, -0.2) is 39.1 Å². The van der Waals surface area contributed by atoms with Crippen molar-refractivity contribution in [3.05, 3.63) is 53.6 Å². The number of amides is 2. The zero-order valence-electron chi connectivity index (χ0n) is 15.2. The largest absolute Gasteiger partial charge is 0.493 e. The van der Waals surface area contributed by atoms with Crippen LogP contribution in [-0.2, 0) is 20.9 Å². The quantitative estimate of drug-likeness (QED) is 0.591. The predicted molar refractivity (Wildman–Crippen MR) is 97.8 cm³/mol. The van der Waals surface area contributed by atoms with Gasteiger partial charge in [0.25, 0.3) is 0 Å². The molecule has 0 heterocycles. The fourth-order valence-electron chi connectivity index (χ4n) is 2.31. The molecule has 2 aromatic carbocycles. The van der Waals surface area contributed by atoms with Gasteiger partial charge in [0.15, 0.2) is 11.5 Å². The van der Waals surface area contributed by atoms with Gasteiger partial charge in [-0.05, 0) is 29.8 Å². The lowest BCUT2D eigenvalue weighted by Gasteiger charge is -2.11. The van der Waals surface area contributed by atoms with Gasteiger partial charge in [-0.3, -0.25) is 9.59 Å². The SMILES string of the molecule is COC(=O)c1ccccc1NC(=O)C(=O)NCc1ccc(OC)c(OC)c1. The lowest BCUT2D eigenvalue weighted by molar-refractivity contribution is -0.136. The van der Waals surface area contributed by atoms with Gasteiger partial charge in [-0.25, -0.2) is 4.79 Å². The number of esters is 1. The Morgan fingerprint density at radius 1 is 0.889 bits per heavy atom. The molecule has 0 aliphatic carbocycles. The molecule has 2 rings (SSSR count). The Morgan fingerprint density at radius 3 is 2.26 bits per heavy atom. The molecule has 0 saturated heterocycles. The van der Waals surface area contributed by atoms with E-state index in [4.69, 9.17) is 9.47 Å². The first kappa shape index (κ1) is 19.8. The van der Waals surface area contributed by atoms with Crippen molar-refractivity contribution in [3.8, 4) is 11.5 Å². The second-order valence-corrected chi connectivity index (χ2v) is 5.36. The lowest BCUT2D eigenvalue weighted by atomic mass is 10.1. The first-order valence-corrected chi connectivity index (χ1v) is 7.97. The zero-order valence-corrected chi connectivity index (χ0v) is 15.2. The maximum atomic E-state index is 12.1. The van der Waals surface area contributed by atoms with Gasteiger partial charge >= 0.3 is 17.8 Å². The van der Waals surface area contributed by atoms with Gasteiger partial charge in [-0.15, -0.1) is 0 Å². The van der Waals surface area contributed by atoms with Crippen molar-refractivity contribution in [3.63, 3.8) is 0 Å². The van der Waals surface area contributed by atoms with E-state index in [9.17, 15) is 14.4 Å². The van der Waals surface area contributed by atoms with Gasteiger partial charge in [-0.1, -0.05) is 18.2 Å². The van der Waals surface area contributed by atoms with E-state index in [-0.39, 0.29) is 17.8 Å². The second-order valence-electron chi connectivity index (χ2n) is 5.36. The van der Waals surface area contributed by atoms with Gasteiger partial charge < -0.3 is 24.8 Å². The summed E-state index contributed by atoms with van der Waals surface area (Å²) in [5.74, 6) is -1.28. The van der Waals surface area contributed by atoms with Crippen LogP contribution in [0.3, 0.4) is 0 Å². The molecule has 2 amide bonds. The van der Waals surface area contributed by atoms with Crippen molar-refractivity contribution in [2.75, 3.05) is 26.6 Å². The summed E-state index contributed by atoms with van der Waals surface area (Å²) in [6.45, 7) is 0.116. The molecule has 8 heteroatoms. The van der Waals surface area contributed by atoms with Crippen LogP contribution in [0.4, 0.5) is 5.69 Å². The first-order valence-electron chi connectivity index (χ1n) is 7.97. The van der Waals surface area contributed by atoms with Crippen LogP contribution < -0.4 is 20.1 Å². The van der Waals surface area contributed by atoms with Gasteiger partial charge in [0, 0.05) is 6.54 Å². The van der Waals surface area contributed by atoms with E-state index in [1.165, 1.54) is 33.5 Å². The Hall–Kier alpha value is -3.55. The number of hydrogen-bond donors (Lipinski definition) is 2. The fraction of sp³-hybridized carbons (Fsp3) is 0.211. The minimum atomic E-state index is -0.896. The van der Waals surface area contributed by atoms with E-state index in [0.717, 1.165) is 5.56 Å². The number of anilines is 1. The number of carbonyl (C=O) groups excluding carboxylic acids is 3. The van der Waals surface area contributed by atoms with Crippen molar-refractivity contribution in [2.24, 2.45) is 0 Å². The Kier molecular flexibility index (Phi) is 6.76. The highest BCUT2D eigenvalue weighted by molar-refractivity contribution is 6.39. The molecule has 0 aliphatic heterocycles. The number of hydrogen-bond acceptors (Lipinski definition) is 6. The maximum absolute atomic E-state index is 12.1. The minimum Gasteiger partial charge on any atom is -0.493 e. The van der Waals surface area contributed by atoms with E-state index in [1.807, 2.05) is 0 Å². The zero-order chi connectivity index (χ0) is 19.8. The summed E-state index contributed by atoms with van der Waals surface area (Å²) in [6, 6.07) is 11.4. The summed E-state index contributed by atoms with van der Waals surface area (Å²) in [5, 5.41) is 4.91. The number of nitrogens with one attached hydrogen (secondary N) is 2. The summed E-state index contributed by atoms with van der Waals surface area (Å²) >= 11 is 0. The highest BCUT2D eigenvalue weighted by Gasteiger charge is 2.18. The summed E-state index contributed by atoms with van der Waals surface area (Å²) in [5.41, 5.74) is 1.07. The third kappa shape index (κ3) is 4.97. The van der Waals surface area contributed by atoms with Gasteiger partial charge in [0.2, 0.25) is 0 Å². The van der Waals surface area contributed by atoms with Gasteiger partial charge in [0.1, 0.15) is 0 Å². The van der Waals surface area contributed by atoms with Crippen molar-refractivity contribution in [1.29, 1.82) is 0 Å². The molecule has 0 unspecified atom stereocenters. The number of benzene rings is 2. The number of ether oxygens (including phenoxy) is 3. The molecule has 0 atom stereocenters. The molecule has 2 aromatic rings. The Labute approximate surface area is 156 Å². The third-order valence-corrected chi connectivity index (χ3v) is 3.69. The molecule has 142 valence electrons. The fourth-order valence-corrected chi connectivity index (χ4v) is 2.31. The van der Waals surface area contributed by atoms with E-state index in [2.05, 4.69) is 15.4 Å². The molecule has 0 fully saturated rings. The summed E-state index contributed by atoms with van der Waals surface area (Å²) in [6.07, 6.45) is 0. The van der Waals surface area contributed by atoms with Crippen LogP contribution in [0.2, 0.25) is 0 Å². The van der Waals surface area contributed by atoms with Crippen LogP contribution in [0.5, 0.6) is 11.5 Å². The monoisotopic (exact) mass is 372 g/mol. The highest BCUT2D eigenvalue weighted by atomic mass is 16.5. The molecule has 27 heavy (non-hydrogen) atoms. The first-order chi connectivity index (χ1) is 13.0. The van der Waals surface area contributed by atoms with Crippen molar-refractivity contribution >= 4 is 23.5 Å². The Morgan fingerprint density at radius 2 is 1.59 bits per heavy atom. The topological polar surface area (TPSA) is 103 Å². The van der Waals surface area contributed by atoms with Crippen molar-refractivity contribution < 1.29 is 28.6 Å². The predicted octanol–water partition coefficient (Wildman–Crippen LogP) is 1.75. The molecule has 0 saturated carbocycles. The third-order valence-electron chi connectivity index (χ3n) is 3.69. The maximum Gasteiger partial charge on any atom is 0.339 e. The second kappa shape index (κ2) is 9.23. The minimum absolute atomic E-state index is 0.116. The molecular weight excluding hydrogens is 352 g/mol. The van der Waals surface area contributed by atoms with Crippen LogP contribution >= 0.6 is 0 Å². The summed E-state index contributed by atoms with van der Waals surface area (Å²) in [7, 11) is 4.26. The molecule has 0 aromatic heterocycles. The average Bonchev–Trinajstić information content (AvgIpc) is 2.71. The van der Waals surface area contributed by atoms with Crippen LogP contribution in [0.1, 0.15) is 15.9 Å². The van der Waals surface area contributed by atoms with E-state index in [0.29, 0.717) is 11.5 Å². The highest BCUT2D eigenvalue weighted by Crippen LogP contribution is 2.27. The van der Waals surface area contributed by atoms with E-state index >= 15 is 0 Å². The molecule has 0 bridgehead atoms. The van der Waals surface area contributed by atoms with Crippen LogP contribution in [0.25, 0.3) is 0 Å². The number of methoxy groups -OCH3 is 3. The number of carbonyl (C=O) groups is 3. The van der Waals surface area contributed by atoms with Gasteiger partial charge in [0.05, 0.1) is 32.6 Å². The molecule has 0 radical (unpaired) electrons. The van der Waals surface area contributed by atoms with Crippen molar-refractivity contribution in [2.45, 2.75) is 6.54 Å². The average molecular weight is 372 g/mol. The van der Waals surface area contributed by atoms with Crippen LogP contribution in [0.15, 0.2) is 42.5 Å². The van der Waals surface area contributed by atoms with Crippen molar-refractivity contribution in [1.82, 2.24) is 5.32 Å². The molecule has 2 N–H and O–H groups in total. The Balaban J connectivity index is 2.01. The lowest BCUT2D eigenvalue weighted by Crippen LogP contribution is -2.35. The summed E-state index contributed by atoms with van der Waals surface area (Å²) < 4.78 is 15.0. The molecular formula is C19H20N2O6. The van der Waals surface area contributed by atoms with Gasteiger partial charge in [-0.2, -0.15) is 0 Å². The normalized spacial score (nSPS) is 9.89. The standard InChI is InChI=1S/C19H20N2O6/c1-25-15-9-8-12(10-16(15)26-2)11-20-17(22)18(23)21-14-7-5-4-6-13(14)19(24)27-3/h4-10H,11H2,1-3H3,(H,20,22)(H,21,23). The summed E-state index contributed by atoms with van der Waals surface area (Å²) in [4.78, 5) is 35.9. The molecule has 8 nitrogen and oxygen atoms in total. The smallest absolute Gasteiger partial charge is 0.339 e. The molecule has 0 spiro atoms. The number of para-hydroxylation sites is 1. The van der Waals surface area contributed by atoms with E-state index < -0.39 is 17.8 Å². The Bertz CT molecular complexity index is 850. The van der Waals surface area contributed by atoms with Crippen LogP contribution in [0, 0.1) is 0 Å². The van der Waals surface area contributed by atoms with E-state index in [1.54, 1.807) is 30.3 Å².